The number of methoxy groups -OCH3 is 2. The van der Waals surface area contributed by atoms with Gasteiger partial charge in [-0.15, -0.1) is 0 Å². The Morgan fingerprint density at radius 2 is 1.69 bits per heavy atom. The lowest BCUT2D eigenvalue weighted by molar-refractivity contribution is -0.138. The summed E-state index contributed by atoms with van der Waals surface area (Å²) in [5, 5.41) is 9.01. The number of fused-ring (bicyclic) bond motifs is 1. The zero-order chi connectivity index (χ0) is 33.6. The number of carbonyl (C=O) groups is 1. The maximum absolute atomic E-state index is 14.2. The molecule has 0 saturated carbocycles. The van der Waals surface area contributed by atoms with Crippen molar-refractivity contribution in [1.29, 1.82) is 5.26 Å². The Labute approximate surface area is 280 Å². The third-order valence-corrected chi connectivity index (χ3v) is 8.75. The average molecular weight is 658 g/mol. The summed E-state index contributed by atoms with van der Waals surface area (Å²) >= 11 is 1.24. The first-order chi connectivity index (χ1) is 23.4. The lowest BCUT2D eigenvalue weighted by Crippen LogP contribution is -2.40. The Bertz CT molecular complexity index is 2210. The van der Waals surface area contributed by atoms with Crippen molar-refractivity contribution in [3.8, 4) is 23.3 Å². The van der Waals surface area contributed by atoms with Gasteiger partial charge in [0, 0.05) is 5.56 Å². The van der Waals surface area contributed by atoms with Crippen LogP contribution in [0.1, 0.15) is 40.8 Å². The van der Waals surface area contributed by atoms with Gasteiger partial charge < -0.3 is 18.9 Å². The van der Waals surface area contributed by atoms with Crippen LogP contribution in [0.4, 0.5) is 0 Å². The normalized spacial score (nSPS) is 14.0. The standard InChI is InChI=1S/C38H31N3O6S/c1-4-46-37(43)33-34(27-8-6-5-7-9-27)40-38-41(35(33)28-16-19-30(44-2)31(21-28)45-3)36(42)32(48-38)20-24-14-17-29(18-15-24)47-23-26-12-10-25(22-39)11-13-26/h5-21,35H,4,23H2,1-3H3/b32-20-/t35-/m1/s1. The van der Waals surface area contributed by atoms with Gasteiger partial charge in [-0.1, -0.05) is 72.0 Å². The second-order valence-electron chi connectivity index (χ2n) is 10.7. The van der Waals surface area contributed by atoms with Gasteiger partial charge in [0.05, 0.1) is 54.3 Å². The highest BCUT2D eigenvalue weighted by Gasteiger charge is 2.35. The van der Waals surface area contributed by atoms with Crippen LogP contribution in [0.2, 0.25) is 0 Å². The summed E-state index contributed by atoms with van der Waals surface area (Å²) in [6, 6.07) is 30.6. The predicted molar refractivity (Wildman–Crippen MR) is 183 cm³/mol. The summed E-state index contributed by atoms with van der Waals surface area (Å²) in [5.41, 5.74) is 4.08. The van der Waals surface area contributed by atoms with Crippen LogP contribution in [-0.2, 0) is 16.1 Å². The Hall–Kier alpha value is -5.92. The lowest BCUT2D eigenvalue weighted by atomic mass is 9.93. The molecule has 1 aliphatic rings. The molecule has 1 aromatic heterocycles. The van der Waals surface area contributed by atoms with Crippen molar-refractivity contribution in [2.75, 3.05) is 20.8 Å². The highest BCUT2D eigenvalue weighted by Crippen LogP contribution is 2.38. The van der Waals surface area contributed by atoms with Crippen LogP contribution in [-0.4, -0.2) is 31.4 Å². The molecule has 48 heavy (non-hydrogen) atoms. The van der Waals surface area contributed by atoms with E-state index in [0.29, 0.717) is 50.0 Å². The van der Waals surface area contributed by atoms with E-state index in [1.165, 1.54) is 18.4 Å². The van der Waals surface area contributed by atoms with Crippen molar-refractivity contribution in [1.82, 2.24) is 4.57 Å². The van der Waals surface area contributed by atoms with Gasteiger partial charge in [0.2, 0.25) is 0 Å². The summed E-state index contributed by atoms with van der Waals surface area (Å²) in [6.45, 7) is 2.25. The highest BCUT2D eigenvalue weighted by atomic mass is 32.1. The number of esters is 1. The molecule has 0 N–H and O–H groups in total. The average Bonchev–Trinajstić information content (AvgIpc) is 3.44. The molecule has 1 atom stereocenters. The summed E-state index contributed by atoms with van der Waals surface area (Å²) in [5.74, 6) is 1.08. The first kappa shape index (κ1) is 32.0. The maximum atomic E-state index is 14.2. The Kier molecular flexibility index (Phi) is 9.50. The molecule has 0 unspecified atom stereocenters. The molecule has 0 bridgehead atoms. The van der Waals surface area contributed by atoms with E-state index >= 15 is 0 Å². The number of aromatic nitrogens is 1. The van der Waals surface area contributed by atoms with Gasteiger partial charge in [-0.25, -0.2) is 9.79 Å². The second kappa shape index (κ2) is 14.2. The van der Waals surface area contributed by atoms with Gasteiger partial charge in [0.25, 0.3) is 5.56 Å². The van der Waals surface area contributed by atoms with E-state index in [9.17, 15) is 9.59 Å². The van der Waals surface area contributed by atoms with Crippen LogP contribution < -0.4 is 29.1 Å². The van der Waals surface area contributed by atoms with Crippen molar-refractivity contribution in [3.05, 3.63) is 150 Å². The molecule has 6 rings (SSSR count). The quantitative estimate of drug-likeness (QED) is 0.185. The van der Waals surface area contributed by atoms with Crippen LogP contribution in [0, 0.1) is 11.3 Å². The summed E-state index contributed by atoms with van der Waals surface area (Å²) < 4.78 is 24.5. The molecule has 0 spiro atoms. The molecule has 5 aromatic rings. The van der Waals surface area contributed by atoms with Crippen LogP contribution in [0.25, 0.3) is 11.8 Å². The van der Waals surface area contributed by atoms with E-state index in [0.717, 1.165) is 16.7 Å². The van der Waals surface area contributed by atoms with Crippen LogP contribution in [0.5, 0.6) is 17.2 Å². The van der Waals surface area contributed by atoms with Gasteiger partial charge in [0.1, 0.15) is 12.4 Å². The zero-order valence-electron chi connectivity index (χ0n) is 26.5. The molecular formula is C38H31N3O6S. The molecular weight excluding hydrogens is 627 g/mol. The van der Waals surface area contributed by atoms with E-state index < -0.39 is 12.0 Å². The molecule has 9 nitrogen and oxygen atoms in total. The Balaban J connectivity index is 1.44. The molecule has 240 valence electrons. The number of nitriles is 1. The van der Waals surface area contributed by atoms with E-state index in [2.05, 4.69) is 6.07 Å². The molecule has 0 aliphatic carbocycles. The zero-order valence-corrected chi connectivity index (χ0v) is 27.3. The molecule has 0 fully saturated rings. The minimum atomic E-state index is -0.851. The summed E-state index contributed by atoms with van der Waals surface area (Å²) in [7, 11) is 3.08. The summed E-state index contributed by atoms with van der Waals surface area (Å²) in [4.78, 5) is 33.3. The number of nitrogens with zero attached hydrogens (tertiary/aromatic N) is 3. The Morgan fingerprint density at radius 3 is 2.35 bits per heavy atom. The lowest BCUT2D eigenvalue weighted by Gasteiger charge is -2.26. The smallest absolute Gasteiger partial charge is 0.338 e. The van der Waals surface area contributed by atoms with Gasteiger partial charge in [-0.3, -0.25) is 9.36 Å². The predicted octanol–water partition coefficient (Wildman–Crippen LogP) is 5.40. The number of carbonyl (C=O) groups excluding carboxylic acids is 1. The van der Waals surface area contributed by atoms with Crippen molar-refractivity contribution in [2.24, 2.45) is 4.99 Å². The number of thiazole rings is 1. The minimum Gasteiger partial charge on any atom is -0.493 e. The van der Waals surface area contributed by atoms with Crippen LogP contribution in [0.3, 0.4) is 0 Å². The number of ether oxygens (including phenoxy) is 4. The van der Waals surface area contributed by atoms with Gasteiger partial charge >= 0.3 is 5.97 Å². The molecule has 0 saturated heterocycles. The fraction of sp³-hybridized carbons (Fsp3) is 0.158. The third kappa shape index (κ3) is 6.49. The van der Waals surface area contributed by atoms with E-state index in [-0.39, 0.29) is 17.7 Å². The number of hydrogen-bond acceptors (Lipinski definition) is 9. The third-order valence-electron chi connectivity index (χ3n) is 7.76. The molecule has 2 heterocycles. The van der Waals surface area contributed by atoms with E-state index in [1.54, 1.807) is 48.9 Å². The van der Waals surface area contributed by atoms with Crippen molar-refractivity contribution in [2.45, 2.75) is 19.6 Å². The monoisotopic (exact) mass is 657 g/mol. The van der Waals surface area contributed by atoms with Crippen molar-refractivity contribution >= 4 is 29.1 Å². The van der Waals surface area contributed by atoms with Gasteiger partial charge in [-0.05, 0) is 66.1 Å². The Morgan fingerprint density at radius 1 is 0.958 bits per heavy atom. The fourth-order valence-corrected chi connectivity index (χ4v) is 6.43. The number of hydrogen-bond donors (Lipinski definition) is 0. The first-order valence-corrected chi connectivity index (χ1v) is 16.0. The SMILES string of the molecule is CCOC(=O)C1=C(c2ccccc2)N=c2s/c(=C\c3ccc(OCc4ccc(C#N)cc4)cc3)c(=O)n2[C@@H]1c1ccc(OC)c(OC)c1. The largest absolute Gasteiger partial charge is 0.493 e. The number of benzene rings is 4. The molecule has 10 heteroatoms. The van der Waals surface area contributed by atoms with E-state index in [1.807, 2.05) is 72.8 Å². The highest BCUT2D eigenvalue weighted by molar-refractivity contribution is 7.07. The molecule has 0 amide bonds. The van der Waals surface area contributed by atoms with Crippen LogP contribution >= 0.6 is 11.3 Å². The minimum absolute atomic E-state index is 0.153. The number of rotatable bonds is 10. The maximum Gasteiger partial charge on any atom is 0.338 e. The van der Waals surface area contributed by atoms with Gasteiger partial charge in [-0.2, -0.15) is 5.26 Å². The fourth-order valence-electron chi connectivity index (χ4n) is 5.43. The van der Waals surface area contributed by atoms with E-state index in [4.69, 9.17) is 29.2 Å². The topological polar surface area (TPSA) is 112 Å². The molecule has 1 aliphatic heterocycles. The summed E-state index contributed by atoms with van der Waals surface area (Å²) in [6.07, 6.45) is 1.80. The second-order valence-corrected chi connectivity index (χ2v) is 11.7. The molecule has 4 aromatic carbocycles. The first-order valence-electron chi connectivity index (χ1n) is 15.2. The van der Waals surface area contributed by atoms with Crippen molar-refractivity contribution < 1.29 is 23.7 Å². The van der Waals surface area contributed by atoms with Crippen LogP contribution in [0.15, 0.2) is 112 Å². The van der Waals surface area contributed by atoms with Gasteiger partial charge in [0.15, 0.2) is 16.3 Å². The molecule has 0 radical (unpaired) electrons. The van der Waals surface area contributed by atoms with Crippen molar-refractivity contribution in [3.63, 3.8) is 0 Å².